The largest absolute Gasteiger partial charge is 0.477 e. The van der Waals surface area contributed by atoms with Crippen molar-refractivity contribution in [3.63, 3.8) is 0 Å². The van der Waals surface area contributed by atoms with Crippen LogP contribution < -0.4 is 0 Å². The van der Waals surface area contributed by atoms with Crippen LogP contribution in [0.1, 0.15) is 35.1 Å². The van der Waals surface area contributed by atoms with Crippen molar-refractivity contribution in [1.82, 2.24) is 9.55 Å². The van der Waals surface area contributed by atoms with E-state index in [1.54, 1.807) is 0 Å². The summed E-state index contributed by atoms with van der Waals surface area (Å²) in [4.78, 5) is 15.3. The Morgan fingerprint density at radius 1 is 1.45 bits per heavy atom. The minimum absolute atomic E-state index is 0.204. The summed E-state index contributed by atoms with van der Waals surface area (Å²) in [5, 5.41) is 19.8. The summed E-state index contributed by atoms with van der Waals surface area (Å²) in [7, 11) is 0. The molecule has 0 saturated heterocycles. The van der Waals surface area contributed by atoms with Crippen LogP contribution in [-0.2, 0) is 0 Å². The zero-order chi connectivity index (χ0) is 15.9. The number of thiazole rings is 1. The van der Waals surface area contributed by atoms with E-state index in [2.05, 4.69) is 29.5 Å². The topological polar surface area (TPSA) is 78.9 Å². The fourth-order valence-corrected chi connectivity index (χ4v) is 3.16. The van der Waals surface area contributed by atoms with Gasteiger partial charge < -0.3 is 9.67 Å². The molecule has 0 bridgehead atoms. The zero-order valence-electron chi connectivity index (χ0n) is 12.1. The SMILES string of the molecule is CC(C)n1cc(C#N)c2cc(-c3ncc(C(=O)O)s3)ccc21. The van der Waals surface area contributed by atoms with Crippen molar-refractivity contribution in [2.75, 3.05) is 0 Å². The molecule has 1 aromatic carbocycles. The van der Waals surface area contributed by atoms with Crippen LogP contribution in [0.25, 0.3) is 21.5 Å². The predicted octanol–water partition coefficient (Wildman–Crippen LogP) is 3.92. The quantitative estimate of drug-likeness (QED) is 0.795. The highest BCUT2D eigenvalue weighted by atomic mass is 32.1. The maximum absolute atomic E-state index is 11.0. The summed E-state index contributed by atoms with van der Waals surface area (Å²) in [6.07, 6.45) is 3.21. The zero-order valence-corrected chi connectivity index (χ0v) is 12.9. The predicted molar refractivity (Wildman–Crippen MR) is 85.1 cm³/mol. The van der Waals surface area contributed by atoms with E-state index in [4.69, 9.17) is 5.11 Å². The number of hydrogen-bond donors (Lipinski definition) is 1. The summed E-state index contributed by atoms with van der Waals surface area (Å²) >= 11 is 1.13. The lowest BCUT2D eigenvalue weighted by molar-refractivity contribution is 0.0702. The van der Waals surface area contributed by atoms with Crippen molar-refractivity contribution >= 4 is 28.2 Å². The maximum Gasteiger partial charge on any atom is 0.347 e. The number of carbonyl (C=O) groups is 1. The van der Waals surface area contributed by atoms with Gasteiger partial charge in [0, 0.05) is 28.7 Å². The van der Waals surface area contributed by atoms with Crippen LogP contribution in [0.15, 0.2) is 30.6 Å². The number of hydrogen-bond acceptors (Lipinski definition) is 4. The van der Waals surface area contributed by atoms with E-state index in [0.717, 1.165) is 27.8 Å². The maximum atomic E-state index is 11.0. The van der Waals surface area contributed by atoms with Gasteiger partial charge in [0.2, 0.25) is 0 Å². The number of nitrogens with zero attached hydrogens (tertiary/aromatic N) is 3. The summed E-state index contributed by atoms with van der Waals surface area (Å²) < 4.78 is 2.06. The highest BCUT2D eigenvalue weighted by Crippen LogP contribution is 2.31. The Bertz CT molecular complexity index is 915. The molecule has 0 aliphatic rings. The van der Waals surface area contributed by atoms with Gasteiger partial charge in [-0.05, 0) is 32.0 Å². The Morgan fingerprint density at radius 2 is 2.23 bits per heavy atom. The van der Waals surface area contributed by atoms with Gasteiger partial charge in [-0.15, -0.1) is 11.3 Å². The molecule has 3 rings (SSSR count). The van der Waals surface area contributed by atoms with Crippen molar-refractivity contribution in [3.05, 3.63) is 41.0 Å². The first-order valence-corrected chi connectivity index (χ1v) is 7.57. The molecule has 0 spiro atoms. The molecular weight excluding hydrogens is 298 g/mol. The van der Waals surface area contributed by atoms with E-state index in [-0.39, 0.29) is 10.9 Å². The molecule has 2 heterocycles. The van der Waals surface area contributed by atoms with E-state index in [1.165, 1.54) is 6.20 Å². The van der Waals surface area contributed by atoms with Crippen molar-refractivity contribution in [3.8, 4) is 16.6 Å². The van der Waals surface area contributed by atoms with Gasteiger partial charge in [-0.3, -0.25) is 0 Å². The number of aromatic carboxylic acids is 1. The number of carboxylic acid groups (broad SMARTS) is 1. The van der Waals surface area contributed by atoms with Crippen LogP contribution in [0, 0.1) is 11.3 Å². The standard InChI is InChI=1S/C16H13N3O2S/c1-9(2)19-8-11(6-17)12-5-10(3-4-13(12)19)15-18-7-14(22-15)16(20)21/h3-5,7-9H,1-2H3,(H,20,21). The summed E-state index contributed by atoms with van der Waals surface area (Å²) in [5.74, 6) is -0.978. The monoisotopic (exact) mass is 311 g/mol. The molecule has 0 radical (unpaired) electrons. The lowest BCUT2D eigenvalue weighted by Crippen LogP contribution is -1.97. The van der Waals surface area contributed by atoms with Crippen molar-refractivity contribution in [1.29, 1.82) is 5.26 Å². The van der Waals surface area contributed by atoms with Gasteiger partial charge in [0.15, 0.2) is 0 Å². The van der Waals surface area contributed by atoms with Gasteiger partial charge in [0.05, 0.1) is 11.8 Å². The third-order valence-electron chi connectivity index (χ3n) is 3.47. The third kappa shape index (κ3) is 2.26. The lowest BCUT2D eigenvalue weighted by atomic mass is 10.1. The molecular formula is C16H13N3O2S. The van der Waals surface area contributed by atoms with Crippen LogP contribution in [0.2, 0.25) is 0 Å². The number of carboxylic acids is 1. The number of nitriles is 1. The minimum Gasteiger partial charge on any atom is -0.477 e. The second kappa shape index (κ2) is 5.28. The molecule has 0 saturated carbocycles. The minimum atomic E-state index is -0.978. The van der Waals surface area contributed by atoms with Gasteiger partial charge in [-0.1, -0.05) is 0 Å². The number of benzene rings is 1. The fraction of sp³-hybridized carbons (Fsp3) is 0.188. The van der Waals surface area contributed by atoms with Crippen LogP contribution in [0.4, 0.5) is 0 Å². The normalized spacial score (nSPS) is 11.0. The number of rotatable bonds is 3. The first-order valence-electron chi connectivity index (χ1n) is 6.75. The average Bonchev–Trinajstić information content (AvgIpc) is 3.11. The van der Waals surface area contributed by atoms with Crippen LogP contribution >= 0.6 is 11.3 Å². The molecule has 0 aliphatic heterocycles. The van der Waals surface area contributed by atoms with Crippen molar-refractivity contribution < 1.29 is 9.90 Å². The number of aromatic nitrogens is 2. The van der Waals surface area contributed by atoms with E-state index < -0.39 is 5.97 Å². The average molecular weight is 311 g/mol. The first kappa shape index (κ1) is 14.3. The Kier molecular flexibility index (Phi) is 3.43. The van der Waals surface area contributed by atoms with Crippen molar-refractivity contribution in [2.24, 2.45) is 0 Å². The van der Waals surface area contributed by atoms with E-state index in [9.17, 15) is 10.1 Å². The third-order valence-corrected chi connectivity index (χ3v) is 4.51. The molecule has 1 N–H and O–H groups in total. The van der Waals surface area contributed by atoms with Gasteiger partial charge in [0.1, 0.15) is 16.0 Å². The molecule has 0 fully saturated rings. The van der Waals surface area contributed by atoms with Gasteiger partial charge in [-0.2, -0.15) is 5.26 Å². The molecule has 0 atom stereocenters. The fourth-order valence-electron chi connectivity index (χ4n) is 2.41. The summed E-state index contributed by atoms with van der Waals surface area (Å²) in [6, 6.07) is 8.23. The van der Waals surface area contributed by atoms with Crippen LogP contribution in [0.3, 0.4) is 0 Å². The highest BCUT2D eigenvalue weighted by Gasteiger charge is 2.14. The Hall–Kier alpha value is -2.65. The van der Waals surface area contributed by atoms with Crippen LogP contribution in [-0.4, -0.2) is 20.6 Å². The molecule has 0 unspecified atom stereocenters. The van der Waals surface area contributed by atoms with Gasteiger partial charge in [-0.25, -0.2) is 9.78 Å². The van der Waals surface area contributed by atoms with E-state index in [0.29, 0.717) is 10.6 Å². The molecule has 5 nitrogen and oxygen atoms in total. The Labute approximate surface area is 131 Å². The molecule has 110 valence electrons. The lowest BCUT2D eigenvalue weighted by Gasteiger charge is -2.09. The van der Waals surface area contributed by atoms with Crippen LogP contribution in [0.5, 0.6) is 0 Å². The molecule has 6 heteroatoms. The summed E-state index contributed by atoms with van der Waals surface area (Å²) in [6.45, 7) is 4.13. The highest BCUT2D eigenvalue weighted by molar-refractivity contribution is 7.16. The van der Waals surface area contributed by atoms with Gasteiger partial charge >= 0.3 is 5.97 Å². The smallest absolute Gasteiger partial charge is 0.347 e. The van der Waals surface area contributed by atoms with E-state index in [1.807, 2.05) is 24.4 Å². The second-order valence-electron chi connectivity index (χ2n) is 5.22. The Balaban J connectivity index is 2.17. The first-order chi connectivity index (χ1) is 10.5. The van der Waals surface area contributed by atoms with Crippen molar-refractivity contribution in [2.45, 2.75) is 19.9 Å². The summed E-state index contributed by atoms with van der Waals surface area (Å²) in [5.41, 5.74) is 2.42. The second-order valence-corrected chi connectivity index (χ2v) is 6.25. The van der Waals surface area contributed by atoms with Gasteiger partial charge in [0.25, 0.3) is 0 Å². The molecule has 22 heavy (non-hydrogen) atoms. The molecule has 0 amide bonds. The Morgan fingerprint density at radius 3 is 2.82 bits per heavy atom. The van der Waals surface area contributed by atoms with E-state index >= 15 is 0 Å². The molecule has 0 aliphatic carbocycles. The molecule has 2 aromatic heterocycles. The molecule has 3 aromatic rings. The number of fused-ring (bicyclic) bond motifs is 1.